The highest BCUT2D eigenvalue weighted by Crippen LogP contribution is 2.32. The quantitative estimate of drug-likeness (QED) is 0.199. The highest BCUT2D eigenvalue weighted by atomic mass is 32.1. The van der Waals surface area contributed by atoms with Crippen molar-refractivity contribution in [2.24, 2.45) is 5.92 Å². The molecule has 1 aliphatic rings. The number of rotatable bonds is 11. The Kier molecular flexibility index (Phi) is 9.47. The maximum atomic E-state index is 13.7. The van der Waals surface area contributed by atoms with Crippen molar-refractivity contribution in [1.29, 1.82) is 0 Å². The van der Waals surface area contributed by atoms with Crippen molar-refractivity contribution in [1.82, 2.24) is 24.8 Å². The predicted octanol–water partition coefficient (Wildman–Crippen LogP) is 7.09. The molecule has 11 heteroatoms. The lowest BCUT2D eigenvalue weighted by Gasteiger charge is -2.28. The molecule has 4 heterocycles. The van der Waals surface area contributed by atoms with Crippen LogP contribution in [0, 0.1) is 5.92 Å². The average molecular weight is 600 g/mol. The Hall–Kier alpha value is -3.44. The maximum Gasteiger partial charge on any atom is 0.408 e. The van der Waals surface area contributed by atoms with Gasteiger partial charge in [-0.2, -0.15) is 18.3 Å². The van der Waals surface area contributed by atoms with Crippen LogP contribution in [-0.4, -0.2) is 63.9 Å². The SMILES string of the molecule is CCC(CC)[C@H](NC(=O)c1cc(-c2cnn3cc(-c4ccc(OCCN5CCCCC5)cc4)cnc23)cs1)C(F)(F)F. The fraction of sp³-hybridized carbons (Fsp3) is 0.452. The molecule has 5 rings (SSSR count). The molecule has 0 spiro atoms. The lowest BCUT2D eigenvalue weighted by molar-refractivity contribution is -0.165. The summed E-state index contributed by atoms with van der Waals surface area (Å²) >= 11 is 1.10. The lowest BCUT2D eigenvalue weighted by atomic mass is 9.93. The average Bonchev–Trinajstić information content (AvgIpc) is 3.65. The van der Waals surface area contributed by atoms with Crippen LogP contribution in [0.5, 0.6) is 5.75 Å². The Morgan fingerprint density at radius 2 is 1.79 bits per heavy atom. The number of piperidine rings is 1. The third-order valence-electron chi connectivity index (χ3n) is 7.96. The third kappa shape index (κ3) is 6.95. The largest absolute Gasteiger partial charge is 0.492 e. The number of nitrogens with zero attached hydrogens (tertiary/aromatic N) is 4. The van der Waals surface area contributed by atoms with Gasteiger partial charge in [-0.05, 0) is 66.6 Å². The zero-order valence-corrected chi connectivity index (χ0v) is 24.7. The second-order valence-electron chi connectivity index (χ2n) is 10.7. The van der Waals surface area contributed by atoms with Crippen molar-refractivity contribution in [3.8, 4) is 28.0 Å². The van der Waals surface area contributed by atoms with Crippen LogP contribution in [0.1, 0.15) is 55.6 Å². The summed E-state index contributed by atoms with van der Waals surface area (Å²) < 4.78 is 48.6. The second kappa shape index (κ2) is 13.2. The summed E-state index contributed by atoms with van der Waals surface area (Å²) in [6, 6.07) is 7.59. The molecule has 1 atom stereocenters. The van der Waals surface area contributed by atoms with Crippen molar-refractivity contribution >= 4 is 22.9 Å². The summed E-state index contributed by atoms with van der Waals surface area (Å²) in [6.45, 7) is 7.30. The first-order chi connectivity index (χ1) is 20.3. The molecule has 0 radical (unpaired) electrons. The number of likely N-dealkylation sites (tertiary alicyclic amines) is 1. The zero-order chi connectivity index (χ0) is 29.7. The summed E-state index contributed by atoms with van der Waals surface area (Å²) in [5.74, 6) is -0.587. The van der Waals surface area contributed by atoms with Crippen LogP contribution in [0.25, 0.3) is 27.9 Å². The van der Waals surface area contributed by atoms with E-state index in [0.717, 1.165) is 47.8 Å². The van der Waals surface area contributed by atoms with Crippen molar-refractivity contribution in [3.63, 3.8) is 0 Å². The van der Waals surface area contributed by atoms with E-state index in [1.807, 2.05) is 30.5 Å². The van der Waals surface area contributed by atoms with Gasteiger partial charge in [0.2, 0.25) is 0 Å². The highest BCUT2D eigenvalue weighted by molar-refractivity contribution is 7.12. The van der Waals surface area contributed by atoms with E-state index in [4.69, 9.17) is 4.74 Å². The van der Waals surface area contributed by atoms with Gasteiger partial charge in [-0.1, -0.05) is 45.2 Å². The van der Waals surface area contributed by atoms with Gasteiger partial charge in [0.1, 0.15) is 18.4 Å². The van der Waals surface area contributed by atoms with Gasteiger partial charge in [-0.25, -0.2) is 9.50 Å². The summed E-state index contributed by atoms with van der Waals surface area (Å²) in [7, 11) is 0. The smallest absolute Gasteiger partial charge is 0.408 e. The number of halogens is 3. The van der Waals surface area contributed by atoms with Crippen LogP contribution in [-0.2, 0) is 0 Å². The molecule has 4 aromatic rings. The van der Waals surface area contributed by atoms with Crippen LogP contribution in [0.15, 0.2) is 54.3 Å². The van der Waals surface area contributed by atoms with Gasteiger partial charge >= 0.3 is 6.18 Å². The topological polar surface area (TPSA) is 71.8 Å². The number of nitrogens with one attached hydrogen (secondary N) is 1. The van der Waals surface area contributed by atoms with Crippen molar-refractivity contribution in [3.05, 3.63) is 59.2 Å². The Labute approximate surface area is 247 Å². The number of aromatic nitrogens is 3. The third-order valence-corrected chi connectivity index (χ3v) is 8.89. The van der Waals surface area contributed by atoms with E-state index in [-0.39, 0.29) is 4.88 Å². The number of thiophene rings is 1. The molecule has 1 N–H and O–H groups in total. The molecule has 0 saturated carbocycles. The van der Waals surface area contributed by atoms with Gasteiger partial charge in [-0.15, -0.1) is 11.3 Å². The molecule has 1 fully saturated rings. The Balaban J connectivity index is 1.25. The molecule has 0 aliphatic carbocycles. The predicted molar refractivity (Wildman–Crippen MR) is 159 cm³/mol. The molecule has 7 nitrogen and oxygen atoms in total. The molecule has 0 bridgehead atoms. The number of hydrogen-bond acceptors (Lipinski definition) is 6. The fourth-order valence-electron chi connectivity index (χ4n) is 5.48. The number of carbonyl (C=O) groups excluding carboxylic acids is 1. The summed E-state index contributed by atoms with van der Waals surface area (Å²) in [4.78, 5) is 20.1. The van der Waals surface area contributed by atoms with E-state index < -0.39 is 24.0 Å². The van der Waals surface area contributed by atoms with E-state index in [0.29, 0.717) is 36.2 Å². The Morgan fingerprint density at radius 3 is 2.48 bits per heavy atom. The van der Waals surface area contributed by atoms with Crippen molar-refractivity contribution in [2.45, 2.75) is 58.2 Å². The summed E-state index contributed by atoms with van der Waals surface area (Å²) in [5, 5.41) is 8.41. The van der Waals surface area contributed by atoms with E-state index in [9.17, 15) is 18.0 Å². The lowest BCUT2D eigenvalue weighted by Crippen LogP contribution is -2.49. The van der Waals surface area contributed by atoms with Crippen LogP contribution in [0.4, 0.5) is 13.2 Å². The van der Waals surface area contributed by atoms with Gasteiger partial charge in [0, 0.05) is 30.1 Å². The monoisotopic (exact) mass is 599 g/mol. The molecule has 224 valence electrons. The fourth-order valence-corrected chi connectivity index (χ4v) is 6.29. The Bertz CT molecular complexity index is 1470. The number of ether oxygens (including phenoxy) is 1. The van der Waals surface area contributed by atoms with E-state index >= 15 is 0 Å². The standard InChI is InChI=1S/C31H36F3N5O2S/c1-3-21(4-2)28(31(32,33)34)37-30(40)27-16-23(20-42-27)26-18-36-39-19-24(17-35-29(26)39)22-8-10-25(11-9-22)41-15-14-38-12-6-5-7-13-38/h8-11,16-21,28H,3-7,12-15H2,1-2H3,(H,37,40)/t28-/m0/s1. The minimum atomic E-state index is -4.52. The van der Waals surface area contributed by atoms with Crippen LogP contribution in [0.2, 0.25) is 0 Å². The minimum absolute atomic E-state index is 0.208. The van der Waals surface area contributed by atoms with E-state index in [1.54, 1.807) is 42.2 Å². The molecular formula is C31H36F3N5O2S. The van der Waals surface area contributed by atoms with Gasteiger partial charge in [0.25, 0.3) is 5.91 Å². The Morgan fingerprint density at radius 1 is 1.05 bits per heavy atom. The van der Waals surface area contributed by atoms with Crippen molar-refractivity contribution in [2.75, 3.05) is 26.2 Å². The van der Waals surface area contributed by atoms with Gasteiger partial charge in [0.05, 0.1) is 11.1 Å². The first kappa shape index (κ1) is 30.0. The van der Waals surface area contributed by atoms with Crippen molar-refractivity contribution < 1.29 is 22.7 Å². The first-order valence-corrected chi connectivity index (χ1v) is 15.4. The first-order valence-electron chi connectivity index (χ1n) is 14.5. The van der Waals surface area contributed by atoms with Gasteiger partial charge in [-0.3, -0.25) is 9.69 Å². The summed E-state index contributed by atoms with van der Waals surface area (Å²) in [6.07, 6.45) is 5.26. The van der Waals surface area contributed by atoms with E-state index in [2.05, 4.69) is 20.3 Å². The summed E-state index contributed by atoms with van der Waals surface area (Å²) in [5.41, 5.74) is 3.81. The van der Waals surface area contributed by atoms with Gasteiger partial charge in [0.15, 0.2) is 5.65 Å². The normalized spacial score (nSPS) is 15.3. The molecule has 0 unspecified atom stereocenters. The molecule has 1 aromatic carbocycles. The molecule has 1 amide bonds. The molecule has 3 aromatic heterocycles. The highest BCUT2D eigenvalue weighted by Gasteiger charge is 2.44. The molecule has 42 heavy (non-hydrogen) atoms. The van der Waals surface area contributed by atoms with Crippen LogP contribution >= 0.6 is 11.3 Å². The van der Waals surface area contributed by atoms with Crippen LogP contribution < -0.4 is 10.1 Å². The zero-order valence-electron chi connectivity index (χ0n) is 23.9. The molecule has 1 saturated heterocycles. The molecular weight excluding hydrogens is 563 g/mol. The number of benzene rings is 1. The second-order valence-corrected chi connectivity index (χ2v) is 11.6. The number of hydrogen-bond donors (Lipinski definition) is 1. The van der Waals surface area contributed by atoms with E-state index in [1.165, 1.54) is 19.3 Å². The number of fused-ring (bicyclic) bond motifs is 1. The number of alkyl halides is 3. The van der Waals surface area contributed by atoms with Crippen LogP contribution in [0.3, 0.4) is 0 Å². The minimum Gasteiger partial charge on any atom is -0.492 e. The van der Waals surface area contributed by atoms with Gasteiger partial charge < -0.3 is 10.1 Å². The number of carbonyl (C=O) groups is 1. The molecule has 1 aliphatic heterocycles. The maximum absolute atomic E-state index is 13.7. The number of amides is 1.